The monoisotopic (exact) mass is 429 g/mol. The van der Waals surface area contributed by atoms with Crippen molar-refractivity contribution in [1.29, 1.82) is 0 Å². The summed E-state index contributed by atoms with van der Waals surface area (Å²) >= 11 is 5.89. The molecule has 1 N–H and O–H groups in total. The number of alkyl halides is 3. The highest BCUT2D eigenvalue weighted by molar-refractivity contribution is 6.30. The van der Waals surface area contributed by atoms with Crippen molar-refractivity contribution in [2.75, 3.05) is 18.6 Å². The SMILES string of the molecule is COc1ccc(CN2C(=O)N[C@](C[N+](=O)[O-])(C(F)(F)F)c3cc(Cl)ccc32)cc1. The molecule has 3 rings (SSSR count). The Morgan fingerprint density at radius 2 is 1.90 bits per heavy atom. The van der Waals surface area contributed by atoms with Gasteiger partial charge < -0.3 is 10.1 Å². The molecule has 1 aliphatic heterocycles. The Kier molecular flexibility index (Phi) is 5.31. The third-order valence-corrected chi connectivity index (χ3v) is 4.86. The number of fused-ring (bicyclic) bond motifs is 1. The van der Waals surface area contributed by atoms with Crippen LogP contribution in [0.2, 0.25) is 5.02 Å². The van der Waals surface area contributed by atoms with Crippen molar-refractivity contribution < 1.29 is 27.6 Å². The molecule has 0 saturated carbocycles. The third-order valence-electron chi connectivity index (χ3n) is 4.62. The zero-order valence-electron chi connectivity index (χ0n) is 15.0. The van der Waals surface area contributed by atoms with Gasteiger partial charge in [-0.2, -0.15) is 13.2 Å². The van der Waals surface area contributed by atoms with E-state index in [1.165, 1.54) is 19.2 Å². The number of urea groups is 1. The minimum absolute atomic E-state index is 0.0405. The second-order valence-corrected chi connectivity index (χ2v) is 6.86. The molecular weight excluding hydrogens is 415 g/mol. The van der Waals surface area contributed by atoms with E-state index in [0.29, 0.717) is 11.3 Å². The molecule has 2 aromatic rings. The molecule has 1 heterocycles. The first-order valence-electron chi connectivity index (χ1n) is 8.28. The smallest absolute Gasteiger partial charge is 0.422 e. The molecule has 154 valence electrons. The number of benzene rings is 2. The Labute approximate surface area is 168 Å². The summed E-state index contributed by atoms with van der Waals surface area (Å²) in [6.45, 7) is -1.62. The summed E-state index contributed by atoms with van der Waals surface area (Å²) in [4.78, 5) is 23.7. The lowest BCUT2D eigenvalue weighted by Gasteiger charge is -2.42. The first kappa shape index (κ1) is 20.7. The summed E-state index contributed by atoms with van der Waals surface area (Å²) in [7, 11) is 1.49. The fraction of sp³-hybridized carbons (Fsp3) is 0.278. The number of halogens is 4. The lowest BCUT2D eigenvalue weighted by atomic mass is 9.85. The summed E-state index contributed by atoms with van der Waals surface area (Å²) in [5.41, 5.74) is -3.16. The molecule has 2 aromatic carbocycles. The highest BCUT2D eigenvalue weighted by Crippen LogP contribution is 2.47. The molecule has 1 aliphatic rings. The van der Waals surface area contributed by atoms with Gasteiger partial charge in [-0.3, -0.25) is 15.0 Å². The number of nitrogens with zero attached hydrogens (tertiary/aromatic N) is 2. The molecular formula is C18H15ClF3N3O4. The second-order valence-electron chi connectivity index (χ2n) is 6.42. The van der Waals surface area contributed by atoms with Crippen molar-refractivity contribution in [2.24, 2.45) is 0 Å². The number of ether oxygens (including phenoxy) is 1. The third kappa shape index (κ3) is 3.80. The van der Waals surface area contributed by atoms with E-state index in [9.17, 15) is 28.1 Å². The van der Waals surface area contributed by atoms with E-state index in [4.69, 9.17) is 16.3 Å². The number of carbonyl (C=O) groups excluding carboxylic acids is 1. The van der Waals surface area contributed by atoms with Crippen LogP contribution in [0.3, 0.4) is 0 Å². The Bertz CT molecular complexity index is 952. The summed E-state index contributed by atoms with van der Waals surface area (Å²) < 4.78 is 47.0. The number of amides is 2. The predicted octanol–water partition coefficient (Wildman–Crippen LogP) is 4.11. The normalized spacial score (nSPS) is 18.8. The number of methoxy groups -OCH3 is 1. The zero-order valence-corrected chi connectivity index (χ0v) is 15.8. The molecule has 0 spiro atoms. The maximum absolute atomic E-state index is 14.0. The molecule has 0 aliphatic carbocycles. The molecule has 2 amide bonds. The van der Waals surface area contributed by atoms with Crippen molar-refractivity contribution in [3.8, 4) is 5.75 Å². The van der Waals surface area contributed by atoms with Crippen molar-refractivity contribution in [1.82, 2.24) is 5.32 Å². The van der Waals surface area contributed by atoms with Gasteiger partial charge in [-0.1, -0.05) is 23.7 Å². The van der Waals surface area contributed by atoms with Crippen molar-refractivity contribution in [3.05, 3.63) is 68.7 Å². The number of carbonyl (C=O) groups is 1. The van der Waals surface area contributed by atoms with Gasteiger partial charge in [0.05, 0.1) is 19.3 Å². The molecule has 0 radical (unpaired) electrons. The van der Waals surface area contributed by atoms with Crippen LogP contribution in [0, 0.1) is 10.1 Å². The first-order valence-corrected chi connectivity index (χ1v) is 8.66. The lowest BCUT2D eigenvalue weighted by Crippen LogP contribution is -2.65. The molecule has 0 fully saturated rings. The summed E-state index contributed by atoms with van der Waals surface area (Å²) in [6.07, 6.45) is -5.12. The van der Waals surface area contributed by atoms with Gasteiger partial charge >= 0.3 is 12.2 Å². The Hall–Kier alpha value is -3.01. The van der Waals surface area contributed by atoms with Crippen molar-refractivity contribution in [2.45, 2.75) is 18.3 Å². The number of nitrogens with one attached hydrogen (secondary N) is 1. The summed E-state index contributed by atoms with van der Waals surface area (Å²) in [5.74, 6) is 0.575. The highest BCUT2D eigenvalue weighted by Gasteiger charge is 2.64. The molecule has 0 unspecified atom stereocenters. The van der Waals surface area contributed by atoms with E-state index in [-0.39, 0.29) is 17.3 Å². The standard InChI is InChI=1S/C18H15ClF3N3O4/c1-29-13-5-2-11(3-6-13)9-24-15-7-4-12(19)8-14(15)17(10-25(27)28,18(20,21)22)23-16(24)26/h2-8H,9-10H2,1H3,(H,23,26)/t17-/m0/s1. The number of hydrogen-bond acceptors (Lipinski definition) is 4. The predicted molar refractivity (Wildman–Crippen MR) is 98.8 cm³/mol. The quantitative estimate of drug-likeness (QED) is 0.572. The van der Waals surface area contributed by atoms with Gasteiger partial charge in [-0.05, 0) is 35.9 Å². The van der Waals surface area contributed by atoms with Gasteiger partial charge in [0.1, 0.15) is 5.75 Å². The molecule has 0 aromatic heterocycles. The van der Waals surface area contributed by atoms with Gasteiger partial charge in [-0.15, -0.1) is 0 Å². The van der Waals surface area contributed by atoms with E-state index in [1.54, 1.807) is 24.3 Å². The number of nitro groups is 1. The second kappa shape index (κ2) is 7.43. The topological polar surface area (TPSA) is 84.7 Å². The Morgan fingerprint density at radius 1 is 1.24 bits per heavy atom. The molecule has 29 heavy (non-hydrogen) atoms. The molecule has 1 atom stereocenters. The van der Waals surface area contributed by atoms with Crippen LogP contribution < -0.4 is 15.0 Å². The van der Waals surface area contributed by atoms with E-state index in [2.05, 4.69) is 0 Å². The van der Waals surface area contributed by atoms with E-state index >= 15 is 0 Å². The summed E-state index contributed by atoms with van der Waals surface area (Å²) in [5, 5.41) is 12.8. The lowest BCUT2D eigenvalue weighted by molar-refractivity contribution is -0.503. The first-order chi connectivity index (χ1) is 13.6. The van der Waals surface area contributed by atoms with Gasteiger partial charge in [0.15, 0.2) is 0 Å². The average Bonchev–Trinajstić information content (AvgIpc) is 2.64. The number of rotatable bonds is 5. The van der Waals surface area contributed by atoms with Crippen LogP contribution >= 0.6 is 11.6 Å². The molecule has 0 bridgehead atoms. The van der Waals surface area contributed by atoms with E-state index < -0.39 is 34.8 Å². The van der Waals surface area contributed by atoms with Gasteiger partial charge in [0.2, 0.25) is 12.1 Å². The molecule has 7 nitrogen and oxygen atoms in total. The van der Waals surface area contributed by atoms with Crippen LogP contribution in [0.4, 0.5) is 23.7 Å². The van der Waals surface area contributed by atoms with Crippen LogP contribution in [0.5, 0.6) is 5.75 Å². The van der Waals surface area contributed by atoms with Crippen LogP contribution in [0.15, 0.2) is 42.5 Å². The maximum Gasteiger partial charge on any atom is 0.422 e. The van der Waals surface area contributed by atoms with Crippen molar-refractivity contribution >= 4 is 23.3 Å². The fourth-order valence-electron chi connectivity index (χ4n) is 3.21. The Morgan fingerprint density at radius 3 is 2.45 bits per heavy atom. The number of hydrogen-bond donors (Lipinski definition) is 1. The molecule has 11 heteroatoms. The fourth-order valence-corrected chi connectivity index (χ4v) is 3.39. The average molecular weight is 430 g/mol. The van der Waals surface area contributed by atoms with Gasteiger partial charge in [-0.25, -0.2) is 4.79 Å². The number of anilines is 1. The van der Waals surface area contributed by atoms with Crippen LogP contribution in [-0.4, -0.2) is 30.8 Å². The Balaban J connectivity index is 2.11. The minimum atomic E-state index is -5.12. The van der Waals surface area contributed by atoms with Crippen LogP contribution in [-0.2, 0) is 12.1 Å². The van der Waals surface area contributed by atoms with Gasteiger partial charge in [0.25, 0.3) is 0 Å². The highest BCUT2D eigenvalue weighted by atomic mass is 35.5. The van der Waals surface area contributed by atoms with E-state index in [0.717, 1.165) is 11.0 Å². The van der Waals surface area contributed by atoms with E-state index in [1.807, 2.05) is 5.32 Å². The van der Waals surface area contributed by atoms with Crippen LogP contribution in [0.1, 0.15) is 11.1 Å². The van der Waals surface area contributed by atoms with Gasteiger partial charge in [0, 0.05) is 15.5 Å². The largest absolute Gasteiger partial charge is 0.497 e. The molecule has 0 saturated heterocycles. The maximum atomic E-state index is 14.0. The minimum Gasteiger partial charge on any atom is -0.497 e. The van der Waals surface area contributed by atoms with Crippen molar-refractivity contribution in [3.63, 3.8) is 0 Å². The summed E-state index contributed by atoms with van der Waals surface area (Å²) in [6, 6.07) is 9.07. The zero-order chi connectivity index (χ0) is 21.4. The van der Waals surface area contributed by atoms with Crippen LogP contribution in [0.25, 0.3) is 0 Å².